The minimum absolute atomic E-state index is 0.0752. The van der Waals surface area contributed by atoms with Gasteiger partial charge in [-0.25, -0.2) is 0 Å². The summed E-state index contributed by atoms with van der Waals surface area (Å²) in [7, 11) is 0. The van der Waals surface area contributed by atoms with Crippen molar-refractivity contribution in [2.24, 2.45) is 0 Å². The molecule has 0 amide bonds. The molecular weight excluding hydrogens is 452 g/mol. The van der Waals surface area contributed by atoms with E-state index in [4.69, 9.17) is 0 Å². The molecule has 8 heteroatoms. The fourth-order valence-corrected chi connectivity index (χ4v) is 3.22. The minimum Gasteiger partial charge on any atom is -0.289 e. The van der Waals surface area contributed by atoms with Gasteiger partial charge in [0.1, 0.15) is 16.7 Å². The van der Waals surface area contributed by atoms with E-state index in [0.29, 0.717) is 5.69 Å². The van der Waals surface area contributed by atoms with Gasteiger partial charge in [-0.1, -0.05) is 103 Å². The number of nitrogens with zero attached hydrogens (tertiary/aromatic N) is 4. The van der Waals surface area contributed by atoms with E-state index < -0.39 is 0 Å². The fraction of sp³-hybridized carbons (Fsp3) is 0. The lowest BCUT2D eigenvalue weighted by Crippen LogP contribution is -2.08. The van der Waals surface area contributed by atoms with E-state index in [1.165, 1.54) is 6.20 Å². The maximum Gasteiger partial charge on any atom is 0.226 e. The number of para-hydroxylation sites is 2. The first kappa shape index (κ1) is 23.9. The highest BCUT2D eigenvalue weighted by atomic mass is 16.1. The van der Waals surface area contributed by atoms with Crippen LogP contribution in [0.5, 0.6) is 0 Å². The van der Waals surface area contributed by atoms with Gasteiger partial charge in [0.25, 0.3) is 0 Å². The van der Waals surface area contributed by atoms with Gasteiger partial charge < -0.3 is 0 Å². The summed E-state index contributed by atoms with van der Waals surface area (Å²) >= 11 is 0. The van der Waals surface area contributed by atoms with Crippen LogP contribution in [0.15, 0.2) is 126 Å². The van der Waals surface area contributed by atoms with Gasteiger partial charge in [0, 0.05) is 16.7 Å². The van der Waals surface area contributed by atoms with Crippen LogP contribution in [0.1, 0.15) is 15.9 Å². The summed E-state index contributed by atoms with van der Waals surface area (Å²) in [5.41, 5.74) is 4.32. The van der Waals surface area contributed by atoms with Crippen LogP contribution in [-0.2, 0) is 0 Å². The van der Waals surface area contributed by atoms with Crippen molar-refractivity contribution in [1.29, 1.82) is 0 Å². The molecule has 0 radical (unpaired) electrons. The molecule has 2 aromatic heterocycles. The molecule has 176 valence electrons. The number of ketones is 1. The second-order valence-corrected chi connectivity index (χ2v) is 7.42. The summed E-state index contributed by atoms with van der Waals surface area (Å²) in [6.45, 7) is 0. The monoisotopic (exact) mass is 474 g/mol. The molecule has 0 fully saturated rings. The van der Waals surface area contributed by atoms with Gasteiger partial charge in [-0.05, 0) is 12.1 Å². The molecule has 0 atom stereocenters. The summed E-state index contributed by atoms with van der Waals surface area (Å²) in [6, 6.07) is 35.6. The first-order chi connectivity index (χ1) is 17.7. The number of hydrogen-bond acceptors (Lipinski definition) is 6. The third kappa shape index (κ3) is 6.42. The quantitative estimate of drug-likeness (QED) is 0.359. The number of fused-ring (bicyclic) bond motifs is 1. The van der Waals surface area contributed by atoms with Crippen LogP contribution in [0.25, 0.3) is 22.3 Å². The van der Waals surface area contributed by atoms with Crippen LogP contribution in [-0.4, -0.2) is 36.6 Å². The smallest absolute Gasteiger partial charge is 0.226 e. The summed E-state index contributed by atoms with van der Waals surface area (Å²) in [6.07, 6.45) is 1.22. The third-order valence-electron chi connectivity index (χ3n) is 4.98. The van der Waals surface area contributed by atoms with Gasteiger partial charge in [-0.15, -0.1) is 0 Å². The van der Waals surface area contributed by atoms with Crippen molar-refractivity contribution in [3.05, 3.63) is 143 Å². The molecule has 8 nitrogen and oxygen atoms in total. The molecule has 0 spiro atoms. The molecule has 36 heavy (non-hydrogen) atoms. The summed E-state index contributed by atoms with van der Waals surface area (Å²) in [5, 5.41) is 20.0. The van der Waals surface area contributed by atoms with Gasteiger partial charge >= 0.3 is 0 Å². The Balaban J connectivity index is 0.000000130. The molecule has 0 bridgehead atoms. The Labute approximate surface area is 206 Å². The lowest BCUT2D eigenvalue weighted by molar-refractivity contribution is 0.103. The Kier molecular flexibility index (Phi) is 8.16. The number of nitrogens with one attached hydrogen (secondary N) is 2. The minimum atomic E-state index is -0.176. The van der Waals surface area contributed by atoms with Gasteiger partial charge in [0.15, 0.2) is 5.78 Å². The van der Waals surface area contributed by atoms with Crippen molar-refractivity contribution in [1.82, 2.24) is 30.8 Å². The van der Waals surface area contributed by atoms with Crippen LogP contribution in [0.4, 0.5) is 0 Å². The normalized spacial score (nSPS) is 9.89. The number of aromatic amines is 2. The van der Waals surface area contributed by atoms with E-state index >= 15 is 0 Å². The van der Waals surface area contributed by atoms with Gasteiger partial charge in [-0.2, -0.15) is 30.8 Å². The molecule has 0 aliphatic heterocycles. The molecule has 0 saturated carbocycles. The fourth-order valence-electron chi connectivity index (χ4n) is 3.22. The predicted octanol–water partition coefficient (Wildman–Crippen LogP) is 4.71. The van der Waals surface area contributed by atoms with Gasteiger partial charge in [0.05, 0.1) is 6.20 Å². The number of benzene rings is 4. The van der Waals surface area contributed by atoms with Crippen LogP contribution in [0.2, 0.25) is 0 Å². The first-order valence-corrected chi connectivity index (χ1v) is 11.1. The molecule has 2 N–H and O–H groups in total. The third-order valence-corrected chi connectivity index (χ3v) is 4.98. The second kappa shape index (κ2) is 12.3. The Morgan fingerprint density at radius 2 is 1.03 bits per heavy atom. The summed E-state index contributed by atoms with van der Waals surface area (Å²) in [5.74, 6) is 0.0752. The van der Waals surface area contributed by atoms with Crippen molar-refractivity contribution in [3.63, 3.8) is 0 Å². The number of rotatable bonds is 3. The zero-order valence-electron chi connectivity index (χ0n) is 19.2. The largest absolute Gasteiger partial charge is 0.289 e. The van der Waals surface area contributed by atoms with Crippen LogP contribution >= 0.6 is 0 Å². The molecule has 6 aromatic rings. The van der Waals surface area contributed by atoms with Crippen molar-refractivity contribution >= 4 is 16.8 Å². The molecule has 6 rings (SSSR count). The van der Waals surface area contributed by atoms with E-state index in [1.807, 2.05) is 115 Å². The van der Waals surface area contributed by atoms with Crippen molar-refractivity contribution in [2.75, 3.05) is 0 Å². The highest BCUT2D eigenvalue weighted by Gasteiger charge is 2.06. The maximum absolute atomic E-state index is 11.8. The molecule has 4 aromatic carbocycles. The molecule has 0 aliphatic carbocycles. The molecule has 0 aliphatic rings. The first-order valence-electron chi connectivity index (χ1n) is 11.1. The SMILES string of the molecule is O=C(c1ccccc1)c1ccccc1.O=c1cn[nH]nc1-c1ccccc1.c1ccc2n[nH]nc2c1. The van der Waals surface area contributed by atoms with E-state index in [1.54, 1.807) is 0 Å². The van der Waals surface area contributed by atoms with E-state index in [9.17, 15) is 9.59 Å². The number of carbonyl (C=O) groups is 1. The topological polar surface area (TPSA) is 117 Å². The highest BCUT2D eigenvalue weighted by Crippen LogP contribution is 2.10. The average molecular weight is 475 g/mol. The lowest BCUT2D eigenvalue weighted by atomic mass is 10.0. The zero-order valence-corrected chi connectivity index (χ0v) is 19.2. The highest BCUT2D eigenvalue weighted by molar-refractivity contribution is 6.08. The van der Waals surface area contributed by atoms with E-state index in [0.717, 1.165) is 27.7 Å². The van der Waals surface area contributed by atoms with Crippen molar-refractivity contribution in [3.8, 4) is 11.3 Å². The lowest BCUT2D eigenvalue weighted by Gasteiger charge is -1.99. The maximum atomic E-state index is 11.8. The molecule has 0 saturated heterocycles. The number of carbonyl (C=O) groups excluding carboxylic acids is 1. The van der Waals surface area contributed by atoms with Crippen molar-refractivity contribution in [2.45, 2.75) is 0 Å². The molecule has 0 unspecified atom stereocenters. The van der Waals surface area contributed by atoms with Crippen molar-refractivity contribution < 1.29 is 4.79 Å². The Morgan fingerprint density at radius 3 is 1.53 bits per heavy atom. The zero-order chi connectivity index (χ0) is 25.0. The Bertz CT molecular complexity index is 1490. The average Bonchev–Trinajstić information content (AvgIpc) is 3.44. The van der Waals surface area contributed by atoms with Crippen LogP contribution < -0.4 is 5.43 Å². The molecule has 2 heterocycles. The van der Waals surface area contributed by atoms with Crippen LogP contribution in [0.3, 0.4) is 0 Å². The van der Waals surface area contributed by atoms with E-state index in [2.05, 4.69) is 30.8 Å². The Morgan fingerprint density at radius 1 is 0.556 bits per heavy atom. The van der Waals surface area contributed by atoms with E-state index in [-0.39, 0.29) is 11.2 Å². The number of hydrogen-bond donors (Lipinski definition) is 2. The molecular formula is C28H22N6O2. The number of aromatic nitrogens is 6. The van der Waals surface area contributed by atoms with Gasteiger partial charge in [-0.3, -0.25) is 9.59 Å². The van der Waals surface area contributed by atoms with Crippen LogP contribution in [0, 0.1) is 0 Å². The predicted molar refractivity (Wildman–Crippen MR) is 138 cm³/mol. The standard InChI is InChI=1S/C13H10O.C9H7N3O.C6H5N3/c14-13(11-7-3-1-4-8-11)12-9-5-2-6-10-12;13-8-6-10-12-11-9(8)7-4-2-1-3-5-7;1-2-4-6-5(3-1)7-9-8-6/h1-10H;1-6H,(H,12,13);1-4H,(H,7,8,9). The summed E-state index contributed by atoms with van der Waals surface area (Å²) in [4.78, 5) is 23.1. The summed E-state index contributed by atoms with van der Waals surface area (Å²) < 4.78 is 0. The second-order valence-electron chi connectivity index (χ2n) is 7.42. The van der Waals surface area contributed by atoms with Gasteiger partial charge in [0.2, 0.25) is 5.43 Å². The number of H-pyrrole nitrogens is 2. The Hall–Kier alpha value is -5.24.